The highest BCUT2D eigenvalue weighted by atomic mass is 79.9. The molecule has 0 bridgehead atoms. The normalized spacial score (nSPS) is 10.2. The maximum Gasteiger partial charge on any atom is 0.354 e. The molecule has 6 heteroatoms. The summed E-state index contributed by atoms with van der Waals surface area (Å²) < 4.78 is 6.37. The lowest BCUT2D eigenvalue weighted by atomic mass is 10.2. The molecule has 0 amide bonds. The zero-order valence-corrected chi connectivity index (χ0v) is 10.3. The van der Waals surface area contributed by atoms with Crippen LogP contribution in [-0.2, 0) is 6.61 Å². The molecule has 0 aliphatic rings. The van der Waals surface area contributed by atoms with Crippen molar-refractivity contribution in [3.63, 3.8) is 0 Å². The predicted molar refractivity (Wildman–Crippen MR) is 64.0 cm³/mol. The molecule has 0 saturated carbocycles. The first-order valence-corrected chi connectivity index (χ1v) is 5.60. The Labute approximate surface area is 106 Å². The molecule has 0 saturated heterocycles. The molecule has 0 atom stereocenters. The second kappa shape index (κ2) is 5.01. The van der Waals surface area contributed by atoms with Crippen LogP contribution in [0, 0.1) is 0 Å². The van der Waals surface area contributed by atoms with E-state index in [-0.39, 0.29) is 12.3 Å². The van der Waals surface area contributed by atoms with Gasteiger partial charge in [-0.25, -0.2) is 4.79 Å². The molecule has 1 aromatic heterocycles. The van der Waals surface area contributed by atoms with Crippen LogP contribution in [0.5, 0.6) is 5.75 Å². The van der Waals surface area contributed by atoms with Gasteiger partial charge in [0.2, 0.25) is 0 Å². The Morgan fingerprint density at radius 3 is 3.06 bits per heavy atom. The number of aromatic nitrogens is 2. The van der Waals surface area contributed by atoms with Crippen molar-refractivity contribution in [1.82, 2.24) is 10.2 Å². The Morgan fingerprint density at radius 2 is 2.35 bits per heavy atom. The smallest absolute Gasteiger partial charge is 0.354 e. The van der Waals surface area contributed by atoms with E-state index in [1.54, 1.807) is 12.1 Å². The predicted octanol–water partition coefficient (Wildman–Crippen LogP) is 2.45. The summed E-state index contributed by atoms with van der Waals surface area (Å²) in [6.45, 7) is 0.161. The van der Waals surface area contributed by atoms with Gasteiger partial charge in [-0.05, 0) is 18.2 Å². The minimum absolute atomic E-state index is 0.0556. The van der Waals surface area contributed by atoms with Crippen molar-refractivity contribution in [2.24, 2.45) is 0 Å². The van der Waals surface area contributed by atoms with Gasteiger partial charge < -0.3 is 9.84 Å². The molecule has 2 rings (SSSR count). The van der Waals surface area contributed by atoms with E-state index in [0.29, 0.717) is 11.3 Å². The second-order valence-electron chi connectivity index (χ2n) is 3.32. The molecule has 2 aromatic rings. The van der Waals surface area contributed by atoms with Crippen LogP contribution in [0.15, 0.2) is 34.9 Å². The number of aromatic amines is 1. The summed E-state index contributed by atoms with van der Waals surface area (Å²) in [5.74, 6) is -0.382. The minimum atomic E-state index is -1.05. The third-order valence-electron chi connectivity index (χ3n) is 2.12. The minimum Gasteiger partial charge on any atom is -0.489 e. The van der Waals surface area contributed by atoms with Gasteiger partial charge in [0.25, 0.3) is 0 Å². The summed E-state index contributed by atoms with van der Waals surface area (Å²) in [6.07, 6.45) is 1.45. The van der Waals surface area contributed by atoms with Gasteiger partial charge in [0.1, 0.15) is 18.1 Å². The molecule has 17 heavy (non-hydrogen) atoms. The van der Waals surface area contributed by atoms with Crippen LogP contribution in [0.4, 0.5) is 0 Å². The third kappa shape index (κ3) is 2.85. The number of carboxylic acids is 1. The number of ether oxygens (including phenoxy) is 1. The Kier molecular flexibility index (Phi) is 3.43. The number of H-pyrrole nitrogens is 1. The van der Waals surface area contributed by atoms with Gasteiger partial charge in [0, 0.05) is 10.0 Å². The number of benzene rings is 1. The first-order valence-electron chi connectivity index (χ1n) is 4.80. The maximum absolute atomic E-state index is 10.8. The summed E-state index contributed by atoms with van der Waals surface area (Å²) in [5.41, 5.74) is 0.567. The summed E-state index contributed by atoms with van der Waals surface area (Å²) >= 11 is 3.33. The van der Waals surface area contributed by atoms with Crippen molar-refractivity contribution >= 4 is 21.9 Å². The SMILES string of the molecule is O=C(O)c1[nH]ncc1COc1cccc(Br)c1. The van der Waals surface area contributed by atoms with Crippen LogP contribution in [-0.4, -0.2) is 21.3 Å². The fourth-order valence-electron chi connectivity index (χ4n) is 1.32. The quantitative estimate of drug-likeness (QED) is 0.909. The number of rotatable bonds is 4. The largest absolute Gasteiger partial charge is 0.489 e. The van der Waals surface area contributed by atoms with Crippen molar-refractivity contribution in [3.8, 4) is 5.75 Å². The molecule has 0 spiro atoms. The van der Waals surface area contributed by atoms with Gasteiger partial charge in [-0.1, -0.05) is 22.0 Å². The summed E-state index contributed by atoms with van der Waals surface area (Å²) in [4.78, 5) is 10.8. The number of halogens is 1. The van der Waals surface area contributed by atoms with Crippen LogP contribution >= 0.6 is 15.9 Å². The van der Waals surface area contributed by atoms with E-state index in [1.165, 1.54) is 6.20 Å². The summed E-state index contributed by atoms with van der Waals surface area (Å²) in [6, 6.07) is 7.33. The van der Waals surface area contributed by atoms with Crippen LogP contribution in [0.25, 0.3) is 0 Å². The average Bonchev–Trinajstić information content (AvgIpc) is 2.74. The van der Waals surface area contributed by atoms with Gasteiger partial charge in [0.15, 0.2) is 0 Å². The lowest BCUT2D eigenvalue weighted by Gasteiger charge is -2.05. The van der Waals surface area contributed by atoms with Gasteiger partial charge in [-0.3, -0.25) is 5.10 Å². The van der Waals surface area contributed by atoms with E-state index < -0.39 is 5.97 Å². The van der Waals surface area contributed by atoms with E-state index in [1.807, 2.05) is 12.1 Å². The number of carboxylic acid groups (broad SMARTS) is 1. The first-order chi connectivity index (χ1) is 8.16. The Balaban J connectivity index is 2.07. The van der Waals surface area contributed by atoms with Crippen LogP contribution in [0.2, 0.25) is 0 Å². The van der Waals surface area contributed by atoms with Gasteiger partial charge >= 0.3 is 5.97 Å². The van der Waals surface area contributed by atoms with E-state index >= 15 is 0 Å². The van der Waals surface area contributed by atoms with E-state index in [2.05, 4.69) is 26.1 Å². The van der Waals surface area contributed by atoms with E-state index in [4.69, 9.17) is 9.84 Å². The Bertz CT molecular complexity index is 539. The molecule has 0 fully saturated rings. The number of nitrogens with zero attached hydrogens (tertiary/aromatic N) is 1. The van der Waals surface area contributed by atoms with E-state index in [9.17, 15) is 4.79 Å². The average molecular weight is 297 g/mol. The zero-order valence-electron chi connectivity index (χ0n) is 8.68. The number of aromatic carboxylic acids is 1. The molecule has 1 aromatic carbocycles. The zero-order chi connectivity index (χ0) is 12.3. The molecule has 0 aliphatic carbocycles. The van der Waals surface area contributed by atoms with Gasteiger partial charge in [-0.2, -0.15) is 5.10 Å². The maximum atomic E-state index is 10.8. The lowest BCUT2D eigenvalue weighted by Crippen LogP contribution is -2.04. The molecular weight excluding hydrogens is 288 g/mol. The van der Waals surface area contributed by atoms with Gasteiger partial charge in [0.05, 0.1) is 6.20 Å². The molecule has 0 aliphatic heterocycles. The van der Waals surface area contributed by atoms with Gasteiger partial charge in [-0.15, -0.1) is 0 Å². The lowest BCUT2D eigenvalue weighted by molar-refractivity contribution is 0.0687. The number of nitrogens with one attached hydrogen (secondary N) is 1. The molecule has 1 heterocycles. The third-order valence-corrected chi connectivity index (χ3v) is 2.62. The highest BCUT2D eigenvalue weighted by Crippen LogP contribution is 2.19. The topological polar surface area (TPSA) is 75.2 Å². The molecule has 88 valence electrons. The fraction of sp³-hybridized carbons (Fsp3) is 0.0909. The highest BCUT2D eigenvalue weighted by molar-refractivity contribution is 9.10. The first kappa shape index (κ1) is 11.7. The summed E-state index contributed by atoms with van der Waals surface area (Å²) in [5, 5.41) is 15.0. The van der Waals surface area contributed by atoms with Crippen molar-refractivity contribution in [2.45, 2.75) is 6.61 Å². The fourth-order valence-corrected chi connectivity index (χ4v) is 1.70. The second-order valence-corrected chi connectivity index (χ2v) is 4.24. The molecule has 0 unspecified atom stereocenters. The number of hydrogen-bond acceptors (Lipinski definition) is 3. The monoisotopic (exact) mass is 296 g/mol. The number of carbonyl (C=O) groups is 1. The van der Waals surface area contributed by atoms with Crippen molar-refractivity contribution in [2.75, 3.05) is 0 Å². The number of hydrogen-bond donors (Lipinski definition) is 2. The van der Waals surface area contributed by atoms with Crippen LogP contribution in [0.3, 0.4) is 0 Å². The molecule has 0 radical (unpaired) electrons. The Hall–Kier alpha value is -1.82. The molecule has 5 nitrogen and oxygen atoms in total. The van der Waals surface area contributed by atoms with Crippen LogP contribution in [0.1, 0.15) is 16.1 Å². The highest BCUT2D eigenvalue weighted by Gasteiger charge is 2.12. The van der Waals surface area contributed by atoms with Crippen LogP contribution < -0.4 is 4.74 Å². The van der Waals surface area contributed by atoms with Crippen molar-refractivity contribution < 1.29 is 14.6 Å². The molecular formula is C11H9BrN2O3. The molecule has 2 N–H and O–H groups in total. The van der Waals surface area contributed by atoms with Crippen molar-refractivity contribution in [1.29, 1.82) is 0 Å². The standard InChI is InChI=1S/C11H9BrN2O3/c12-8-2-1-3-9(4-8)17-6-7-5-13-14-10(7)11(15)16/h1-5H,6H2,(H,13,14)(H,15,16). The van der Waals surface area contributed by atoms with Crippen molar-refractivity contribution in [3.05, 3.63) is 46.2 Å². The van der Waals surface area contributed by atoms with E-state index in [0.717, 1.165) is 4.47 Å². The summed E-state index contributed by atoms with van der Waals surface area (Å²) in [7, 11) is 0. The Morgan fingerprint density at radius 1 is 1.53 bits per heavy atom.